The summed E-state index contributed by atoms with van der Waals surface area (Å²) in [6, 6.07) is 62.9. The average Bonchev–Trinajstić information content (AvgIpc) is 3.55. The molecule has 2 heteroatoms. The molecule has 0 saturated carbocycles. The van der Waals surface area contributed by atoms with Crippen molar-refractivity contribution in [2.24, 2.45) is 0 Å². The van der Waals surface area contributed by atoms with E-state index in [4.69, 9.17) is 0 Å². The van der Waals surface area contributed by atoms with Gasteiger partial charge in [-0.3, -0.25) is 0 Å². The van der Waals surface area contributed by atoms with Crippen molar-refractivity contribution in [1.82, 2.24) is 0 Å². The quantitative estimate of drug-likeness (QED) is 0.181. The molecule has 2 nitrogen and oxygen atoms in total. The summed E-state index contributed by atoms with van der Waals surface area (Å²) in [6.07, 6.45) is 0. The molecule has 0 heterocycles. The molecular formula is C52H36N2. The first kappa shape index (κ1) is 32.9. The highest BCUT2D eigenvalue weighted by Gasteiger charge is 2.34. The van der Waals surface area contributed by atoms with Gasteiger partial charge in [-0.25, -0.2) is 0 Å². The molecule has 0 spiro atoms. The van der Waals surface area contributed by atoms with Gasteiger partial charge < -0.3 is 0 Å². The highest BCUT2D eigenvalue weighted by Crippen LogP contribution is 2.61. The molecule has 8 aromatic carbocycles. The van der Waals surface area contributed by atoms with Gasteiger partial charge in [0.05, 0.1) is 11.1 Å². The molecule has 8 aromatic rings. The van der Waals surface area contributed by atoms with Crippen LogP contribution >= 0.6 is 0 Å². The van der Waals surface area contributed by atoms with E-state index in [0.29, 0.717) is 11.1 Å². The standard InChI is InChI=1S/C52H36N2/c1-52(2,3)42-26-24-36(25-27-42)47-46(33-14-7-4-8-15-33)49(35-18-11-6-12-19-35)51-44-30-40(37-22-23-39(31-53)41(28-37)32-54)29-38-20-13-21-43(45(38)44)50(51)48(47)34-16-9-5-10-17-34/h4-30H,1-3H3. The molecule has 0 saturated heterocycles. The first-order valence-corrected chi connectivity index (χ1v) is 18.4. The van der Waals surface area contributed by atoms with Gasteiger partial charge >= 0.3 is 0 Å². The van der Waals surface area contributed by atoms with Gasteiger partial charge in [-0.15, -0.1) is 0 Å². The minimum atomic E-state index is 0.0219. The van der Waals surface area contributed by atoms with Crippen LogP contribution in [-0.4, -0.2) is 0 Å². The minimum absolute atomic E-state index is 0.0219. The van der Waals surface area contributed by atoms with Gasteiger partial charge in [0.15, 0.2) is 0 Å². The van der Waals surface area contributed by atoms with Crippen molar-refractivity contribution in [3.8, 4) is 90.0 Å². The van der Waals surface area contributed by atoms with E-state index in [1.54, 1.807) is 6.07 Å². The molecule has 0 fully saturated rings. The fourth-order valence-electron chi connectivity index (χ4n) is 8.31. The largest absolute Gasteiger partial charge is 0.192 e. The molecule has 0 unspecified atom stereocenters. The lowest BCUT2D eigenvalue weighted by Gasteiger charge is -2.27. The molecular weight excluding hydrogens is 653 g/mol. The van der Waals surface area contributed by atoms with Crippen LogP contribution in [0.25, 0.3) is 88.7 Å². The Morgan fingerprint density at radius 3 is 1.37 bits per heavy atom. The monoisotopic (exact) mass is 688 g/mol. The summed E-state index contributed by atoms with van der Waals surface area (Å²) in [4.78, 5) is 0. The average molecular weight is 689 g/mol. The van der Waals surface area contributed by atoms with Crippen LogP contribution in [0, 0.1) is 22.7 Å². The molecule has 254 valence electrons. The minimum Gasteiger partial charge on any atom is -0.192 e. The molecule has 9 rings (SSSR count). The van der Waals surface area contributed by atoms with E-state index in [2.05, 4.69) is 179 Å². The van der Waals surface area contributed by atoms with E-state index >= 15 is 0 Å². The number of hydrogen-bond acceptors (Lipinski definition) is 2. The predicted molar refractivity (Wildman–Crippen MR) is 224 cm³/mol. The van der Waals surface area contributed by atoms with Crippen molar-refractivity contribution in [3.63, 3.8) is 0 Å². The van der Waals surface area contributed by atoms with E-state index in [-0.39, 0.29) is 5.41 Å². The summed E-state index contributed by atoms with van der Waals surface area (Å²) in [5, 5.41) is 22.0. The van der Waals surface area contributed by atoms with E-state index in [0.717, 1.165) is 33.2 Å². The number of hydrogen-bond donors (Lipinski definition) is 0. The van der Waals surface area contributed by atoms with Crippen LogP contribution in [0.5, 0.6) is 0 Å². The molecule has 0 amide bonds. The number of nitrogens with zero attached hydrogens (tertiary/aromatic N) is 2. The van der Waals surface area contributed by atoms with Crippen molar-refractivity contribution in [2.75, 3.05) is 0 Å². The summed E-state index contributed by atoms with van der Waals surface area (Å²) in [5.74, 6) is 0. The fourth-order valence-corrected chi connectivity index (χ4v) is 8.31. The zero-order valence-corrected chi connectivity index (χ0v) is 30.5. The summed E-state index contributed by atoms with van der Waals surface area (Å²) < 4.78 is 0. The maximum Gasteiger partial charge on any atom is 0.101 e. The van der Waals surface area contributed by atoms with Crippen LogP contribution < -0.4 is 0 Å². The molecule has 0 aromatic heterocycles. The Morgan fingerprint density at radius 2 is 0.852 bits per heavy atom. The van der Waals surface area contributed by atoms with E-state index < -0.39 is 0 Å². The highest BCUT2D eigenvalue weighted by molar-refractivity contribution is 6.26. The highest BCUT2D eigenvalue weighted by atomic mass is 14.4. The maximum absolute atomic E-state index is 9.95. The normalized spacial score (nSPS) is 11.6. The van der Waals surface area contributed by atoms with Crippen LogP contribution in [-0.2, 0) is 5.41 Å². The van der Waals surface area contributed by atoms with Crippen LogP contribution in [0.4, 0.5) is 0 Å². The summed E-state index contributed by atoms with van der Waals surface area (Å²) >= 11 is 0. The van der Waals surface area contributed by atoms with Gasteiger partial charge in [0.25, 0.3) is 0 Å². The van der Waals surface area contributed by atoms with Crippen molar-refractivity contribution in [2.45, 2.75) is 26.2 Å². The summed E-state index contributed by atoms with van der Waals surface area (Å²) in [7, 11) is 0. The number of benzene rings is 8. The van der Waals surface area contributed by atoms with Crippen LogP contribution in [0.1, 0.15) is 37.5 Å². The summed E-state index contributed by atoms with van der Waals surface area (Å²) in [5.41, 5.74) is 18.3. The zero-order chi connectivity index (χ0) is 37.0. The molecule has 0 atom stereocenters. The van der Waals surface area contributed by atoms with Crippen LogP contribution in [0.15, 0.2) is 164 Å². The van der Waals surface area contributed by atoms with E-state index in [1.807, 2.05) is 12.1 Å². The van der Waals surface area contributed by atoms with E-state index in [9.17, 15) is 10.5 Å². The van der Waals surface area contributed by atoms with Crippen molar-refractivity contribution >= 4 is 10.8 Å². The van der Waals surface area contributed by atoms with Crippen LogP contribution in [0.2, 0.25) is 0 Å². The third-order valence-corrected chi connectivity index (χ3v) is 10.8. The van der Waals surface area contributed by atoms with Gasteiger partial charge in [-0.1, -0.05) is 160 Å². The number of fused-ring (bicyclic) bond motifs is 3. The lowest BCUT2D eigenvalue weighted by molar-refractivity contribution is 0.590. The molecule has 1 aliphatic rings. The van der Waals surface area contributed by atoms with Crippen LogP contribution in [0.3, 0.4) is 0 Å². The zero-order valence-electron chi connectivity index (χ0n) is 30.5. The lowest BCUT2D eigenvalue weighted by Crippen LogP contribution is -2.10. The van der Waals surface area contributed by atoms with Gasteiger partial charge in [0.1, 0.15) is 12.1 Å². The molecule has 0 aliphatic heterocycles. The second kappa shape index (κ2) is 12.9. The first-order valence-electron chi connectivity index (χ1n) is 18.4. The SMILES string of the molecule is CC(C)(C)c1ccc(-c2c(-c3ccccc3)c(-c3ccccc3)c3c(c2-c2ccccc2)-c2cccc4cc(-c5ccc(C#N)c(C#N)c5)cc-3c24)cc1. The maximum atomic E-state index is 9.95. The van der Waals surface area contributed by atoms with Gasteiger partial charge in [-0.05, 0) is 124 Å². The number of rotatable bonds is 5. The smallest absolute Gasteiger partial charge is 0.101 e. The summed E-state index contributed by atoms with van der Waals surface area (Å²) in [6.45, 7) is 6.79. The molecule has 0 radical (unpaired) electrons. The predicted octanol–water partition coefficient (Wildman–Crippen LogP) is 13.9. The third-order valence-electron chi connectivity index (χ3n) is 10.8. The Bertz CT molecular complexity index is 2830. The second-order valence-electron chi connectivity index (χ2n) is 15.1. The fraction of sp³-hybridized carbons (Fsp3) is 0.0769. The molecule has 0 bridgehead atoms. The Morgan fingerprint density at radius 1 is 0.370 bits per heavy atom. The third kappa shape index (κ3) is 5.32. The topological polar surface area (TPSA) is 47.6 Å². The Balaban J connectivity index is 1.49. The Kier molecular flexibility index (Phi) is 7.85. The van der Waals surface area contributed by atoms with Crippen molar-refractivity contribution in [1.29, 1.82) is 10.5 Å². The lowest BCUT2D eigenvalue weighted by atomic mass is 9.76. The Hall–Kier alpha value is -7.00. The van der Waals surface area contributed by atoms with Gasteiger partial charge in [0, 0.05) is 0 Å². The van der Waals surface area contributed by atoms with Crippen molar-refractivity contribution in [3.05, 3.63) is 180 Å². The molecule has 54 heavy (non-hydrogen) atoms. The van der Waals surface area contributed by atoms with Gasteiger partial charge in [0.2, 0.25) is 0 Å². The van der Waals surface area contributed by atoms with E-state index in [1.165, 1.54) is 61.0 Å². The van der Waals surface area contributed by atoms with Crippen molar-refractivity contribution < 1.29 is 0 Å². The van der Waals surface area contributed by atoms with Gasteiger partial charge in [-0.2, -0.15) is 10.5 Å². The second-order valence-corrected chi connectivity index (χ2v) is 15.1. The number of nitriles is 2. The molecule has 0 N–H and O–H groups in total. The molecule has 1 aliphatic carbocycles. The Labute approximate surface area is 316 Å². The first-order chi connectivity index (χ1) is 26.4.